The van der Waals surface area contributed by atoms with Gasteiger partial charge in [-0.15, -0.1) is 0 Å². The molecule has 0 aliphatic carbocycles. The summed E-state index contributed by atoms with van der Waals surface area (Å²) >= 11 is 0. The molecule has 3 amide bonds. The molecular formula is C26H23FN2O3. The number of benzene rings is 3. The zero-order valence-electron chi connectivity index (χ0n) is 18.1. The lowest BCUT2D eigenvalue weighted by atomic mass is 9.88. The number of imide groups is 1. The van der Waals surface area contributed by atoms with Crippen LogP contribution in [0.15, 0.2) is 66.7 Å². The summed E-state index contributed by atoms with van der Waals surface area (Å²) in [6.07, 6.45) is 0.412. The van der Waals surface area contributed by atoms with Gasteiger partial charge in [0.15, 0.2) is 5.72 Å². The Labute approximate surface area is 186 Å². The number of carbonyl (C=O) groups is 2. The van der Waals surface area contributed by atoms with Crippen LogP contribution in [0, 0.1) is 19.7 Å². The van der Waals surface area contributed by atoms with E-state index in [1.807, 2.05) is 63.2 Å². The molecule has 6 heteroatoms. The molecule has 0 spiro atoms. The lowest BCUT2D eigenvalue weighted by molar-refractivity contribution is 0.00268. The summed E-state index contributed by atoms with van der Waals surface area (Å²) in [6.45, 7) is 5.81. The van der Waals surface area contributed by atoms with Crippen LogP contribution in [0.25, 0.3) is 0 Å². The van der Waals surface area contributed by atoms with E-state index in [2.05, 4.69) is 0 Å². The first kappa shape index (κ1) is 20.2. The first-order valence-electron chi connectivity index (χ1n) is 10.6. The molecule has 0 aromatic heterocycles. The van der Waals surface area contributed by atoms with Gasteiger partial charge in [0.2, 0.25) is 0 Å². The molecule has 5 nitrogen and oxygen atoms in total. The minimum atomic E-state index is -0.962. The van der Waals surface area contributed by atoms with Crippen molar-refractivity contribution in [3.05, 3.63) is 94.8 Å². The van der Waals surface area contributed by atoms with E-state index in [4.69, 9.17) is 4.74 Å². The number of amides is 3. The van der Waals surface area contributed by atoms with Crippen molar-refractivity contribution in [1.29, 1.82) is 0 Å². The van der Waals surface area contributed by atoms with Gasteiger partial charge in [-0.25, -0.2) is 9.18 Å². The average Bonchev–Trinajstić information content (AvgIpc) is 2.73. The van der Waals surface area contributed by atoms with Crippen LogP contribution in [0.3, 0.4) is 0 Å². The smallest absolute Gasteiger partial charge is 0.335 e. The highest BCUT2D eigenvalue weighted by atomic mass is 19.1. The summed E-state index contributed by atoms with van der Waals surface area (Å²) in [5.41, 5.74) is 2.76. The summed E-state index contributed by atoms with van der Waals surface area (Å²) in [6, 6.07) is 17.7. The van der Waals surface area contributed by atoms with Crippen LogP contribution < -0.4 is 9.64 Å². The highest BCUT2D eigenvalue weighted by molar-refractivity contribution is 6.10. The zero-order chi connectivity index (χ0) is 22.6. The summed E-state index contributed by atoms with van der Waals surface area (Å²) in [7, 11) is 0. The third-order valence-electron chi connectivity index (χ3n) is 6.14. The van der Waals surface area contributed by atoms with Crippen molar-refractivity contribution in [2.24, 2.45) is 0 Å². The van der Waals surface area contributed by atoms with Gasteiger partial charge in [-0.2, -0.15) is 0 Å². The number of hydrogen-bond donors (Lipinski definition) is 0. The Morgan fingerprint density at radius 1 is 1.03 bits per heavy atom. The molecule has 0 saturated carbocycles. The fourth-order valence-electron chi connectivity index (χ4n) is 4.83. The Morgan fingerprint density at radius 2 is 1.69 bits per heavy atom. The molecule has 1 saturated heterocycles. The Kier molecular flexibility index (Phi) is 4.55. The second-order valence-corrected chi connectivity index (χ2v) is 8.68. The summed E-state index contributed by atoms with van der Waals surface area (Å²) in [5, 5.41) is 0. The third kappa shape index (κ3) is 3.14. The number of rotatable bonds is 2. The second-order valence-electron chi connectivity index (χ2n) is 8.68. The number of urea groups is 1. The van der Waals surface area contributed by atoms with E-state index in [1.54, 1.807) is 4.90 Å². The second kappa shape index (κ2) is 7.19. The van der Waals surface area contributed by atoms with Crippen molar-refractivity contribution >= 4 is 17.6 Å². The Hall–Kier alpha value is -3.67. The van der Waals surface area contributed by atoms with E-state index in [0.29, 0.717) is 17.9 Å². The van der Waals surface area contributed by atoms with Gasteiger partial charge in [0.25, 0.3) is 5.91 Å². The predicted molar refractivity (Wildman–Crippen MR) is 119 cm³/mol. The van der Waals surface area contributed by atoms with Gasteiger partial charge < -0.3 is 4.74 Å². The minimum Gasteiger partial charge on any atom is -0.467 e. The molecule has 2 aliphatic rings. The largest absolute Gasteiger partial charge is 0.467 e. The first-order chi connectivity index (χ1) is 15.3. The monoisotopic (exact) mass is 430 g/mol. The molecule has 0 unspecified atom stereocenters. The molecule has 2 bridgehead atoms. The van der Waals surface area contributed by atoms with Gasteiger partial charge in [-0.1, -0.05) is 24.3 Å². The Balaban J connectivity index is 1.68. The van der Waals surface area contributed by atoms with Gasteiger partial charge in [-0.05, 0) is 74.4 Å². The summed E-state index contributed by atoms with van der Waals surface area (Å²) in [4.78, 5) is 30.4. The van der Waals surface area contributed by atoms with E-state index >= 15 is 0 Å². The fourth-order valence-corrected chi connectivity index (χ4v) is 4.83. The standard InChI is InChI=1S/C26H23FN2O3/c1-16-12-17(2)14-20(13-16)29-25(31)28(24(30)18-8-10-19(27)11-9-18)22-15-26(29,3)32-23-7-5-4-6-21(22)23/h4-14,22H,15H2,1-3H3/t22-,26+/m0/s1. The van der Waals surface area contributed by atoms with Crippen LogP contribution in [0.1, 0.15) is 46.4 Å². The molecule has 0 N–H and O–H groups in total. The molecule has 162 valence electrons. The van der Waals surface area contributed by atoms with Gasteiger partial charge >= 0.3 is 6.03 Å². The molecule has 2 heterocycles. The SMILES string of the molecule is Cc1cc(C)cc(N2C(=O)N(C(=O)c3ccc(F)cc3)[C@H]3C[C@@]2(C)Oc2ccccc23)c1. The number of fused-ring (bicyclic) bond motifs is 4. The molecule has 32 heavy (non-hydrogen) atoms. The van der Waals surface area contributed by atoms with Crippen LogP contribution in [0.2, 0.25) is 0 Å². The lowest BCUT2D eigenvalue weighted by Crippen LogP contribution is -2.67. The van der Waals surface area contributed by atoms with E-state index in [1.165, 1.54) is 29.2 Å². The number of ether oxygens (including phenoxy) is 1. The van der Waals surface area contributed by atoms with Crippen molar-refractivity contribution < 1.29 is 18.7 Å². The number of nitrogens with zero attached hydrogens (tertiary/aromatic N) is 2. The average molecular weight is 430 g/mol. The summed E-state index contributed by atoms with van der Waals surface area (Å²) in [5.74, 6) is -0.259. The van der Waals surface area contributed by atoms with E-state index < -0.39 is 29.5 Å². The molecule has 1 fully saturated rings. The maximum Gasteiger partial charge on any atom is 0.335 e. The highest BCUT2D eigenvalue weighted by Crippen LogP contribution is 2.49. The molecular weight excluding hydrogens is 407 g/mol. The number of hydrogen-bond acceptors (Lipinski definition) is 3. The van der Waals surface area contributed by atoms with Crippen molar-refractivity contribution in [2.45, 2.75) is 39.0 Å². The van der Waals surface area contributed by atoms with E-state index in [-0.39, 0.29) is 5.56 Å². The lowest BCUT2D eigenvalue weighted by Gasteiger charge is -2.53. The minimum absolute atomic E-state index is 0.257. The van der Waals surface area contributed by atoms with Gasteiger partial charge in [0.05, 0.1) is 6.04 Å². The fraction of sp³-hybridized carbons (Fsp3) is 0.231. The number of para-hydroxylation sites is 1. The molecule has 0 radical (unpaired) electrons. The molecule has 2 aliphatic heterocycles. The molecule has 2 atom stereocenters. The van der Waals surface area contributed by atoms with E-state index in [9.17, 15) is 14.0 Å². The van der Waals surface area contributed by atoms with E-state index in [0.717, 1.165) is 16.7 Å². The van der Waals surface area contributed by atoms with Crippen molar-refractivity contribution in [3.8, 4) is 5.75 Å². The third-order valence-corrected chi connectivity index (χ3v) is 6.14. The maximum atomic E-state index is 13.9. The van der Waals surface area contributed by atoms with Gasteiger partial charge in [-0.3, -0.25) is 14.6 Å². The quantitative estimate of drug-likeness (QED) is 0.519. The number of aryl methyl sites for hydroxylation is 2. The maximum absolute atomic E-state index is 13.9. The van der Waals surface area contributed by atoms with Crippen LogP contribution in [0.4, 0.5) is 14.9 Å². The molecule has 3 aromatic rings. The van der Waals surface area contributed by atoms with Crippen LogP contribution in [-0.4, -0.2) is 22.6 Å². The van der Waals surface area contributed by atoms with Crippen molar-refractivity contribution in [1.82, 2.24) is 4.90 Å². The number of carbonyl (C=O) groups excluding carboxylic acids is 2. The van der Waals surface area contributed by atoms with Crippen LogP contribution in [-0.2, 0) is 0 Å². The van der Waals surface area contributed by atoms with Crippen molar-refractivity contribution in [3.63, 3.8) is 0 Å². The first-order valence-corrected chi connectivity index (χ1v) is 10.6. The van der Waals surface area contributed by atoms with Gasteiger partial charge in [0.1, 0.15) is 11.6 Å². The zero-order valence-corrected chi connectivity index (χ0v) is 18.1. The Morgan fingerprint density at radius 3 is 2.38 bits per heavy atom. The predicted octanol–water partition coefficient (Wildman–Crippen LogP) is 5.76. The molecule has 3 aromatic carbocycles. The molecule has 5 rings (SSSR count). The summed E-state index contributed by atoms with van der Waals surface area (Å²) < 4.78 is 19.8. The normalized spacial score (nSPS) is 21.8. The van der Waals surface area contributed by atoms with Gasteiger partial charge in [0, 0.05) is 23.2 Å². The van der Waals surface area contributed by atoms with Crippen molar-refractivity contribution in [2.75, 3.05) is 4.90 Å². The Bertz CT molecular complexity index is 1220. The van der Waals surface area contributed by atoms with Crippen LogP contribution in [0.5, 0.6) is 5.75 Å². The number of anilines is 1. The highest BCUT2D eigenvalue weighted by Gasteiger charge is 2.55. The number of halogens is 1. The topological polar surface area (TPSA) is 49.9 Å². The van der Waals surface area contributed by atoms with Crippen LogP contribution >= 0.6 is 0 Å².